The molecule has 1 aliphatic heterocycles. The van der Waals surface area contributed by atoms with Crippen LogP contribution in [-0.4, -0.2) is 4.55 Å². The van der Waals surface area contributed by atoms with Crippen LogP contribution in [0.5, 0.6) is 0 Å². The van der Waals surface area contributed by atoms with E-state index in [1.165, 1.54) is 48.3 Å². The van der Waals surface area contributed by atoms with E-state index in [9.17, 15) is 4.55 Å². The van der Waals surface area contributed by atoms with E-state index in [-0.39, 0.29) is 0 Å². The molecule has 82 valence electrons. The maximum Gasteiger partial charge on any atom is 0.186 e. The van der Waals surface area contributed by atoms with Gasteiger partial charge in [0.15, 0.2) is 9.81 Å². The van der Waals surface area contributed by atoms with Crippen molar-refractivity contribution in [2.75, 3.05) is 0 Å². The molecule has 0 fully saturated rings. The van der Waals surface area contributed by atoms with Gasteiger partial charge in [-0.2, -0.15) is 0 Å². The normalized spacial score (nSPS) is 16.5. The van der Waals surface area contributed by atoms with Crippen LogP contribution in [-0.2, 0) is 11.2 Å². The largest absolute Gasteiger partial charge is 0.607 e. The van der Waals surface area contributed by atoms with Crippen molar-refractivity contribution in [2.45, 2.75) is 65.2 Å². The Morgan fingerprint density at radius 3 is 1.64 bits per heavy atom. The average Bonchev–Trinajstić information content (AvgIpc) is 2.78. The highest BCUT2D eigenvalue weighted by Gasteiger charge is 2.41. The van der Waals surface area contributed by atoms with Gasteiger partial charge in [-0.3, -0.25) is 0 Å². The molecule has 0 amide bonds. The van der Waals surface area contributed by atoms with Crippen LogP contribution in [0.4, 0.5) is 0 Å². The predicted molar refractivity (Wildman–Crippen MR) is 63.5 cm³/mol. The van der Waals surface area contributed by atoms with Gasteiger partial charge in [-0.25, -0.2) is 0 Å². The zero-order valence-electron chi connectivity index (χ0n) is 9.47. The molecule has 0 saturated carbocycles. The van der Waals surface area contributed by atoms with Gasteiger partial charge < -0.3 is 4.55 Å². The first kappa shape index (κ1) is 12.1. The average molecular weight is 214 g/mol. The van der Waals surface area contributed by atoms with E-state index < -0.39 is 11.2 Å². The lowest BCUT2D eigenvalue weighted by Gasteiger charge is -1.91. The van der Waals surface area contributed by atoms with E-state index in [1.54, 1.807) is 0 Å². The molecule has 0 unspecified atom stereocenters. The summed E-state index contributed by atoms with van der Waals surface area (Å²) in [6, 6.07) is 0. The Hall–Kier alpha value is 0.0500. The van der Waals surface area contributed by atoms with Crippen LogP contribution in [0, 0.1) is 0 Å². The molecule has 2 heteroatoms. The number of rotatable bonds is 8. The van der Waals surface area contributed by atoms with Crippen LogP contribution < -0.4 is 0 Å². The predicted octanol–water partition coefficient (Wildman–Crippen LogP) is 4.12. The summed E-state index contributed by atoms with van der Waals surface area (Å²) in [6.07, 6.45) is 9.73. The molecule has 1 aliphatic rings. The monoisotopic (exact) mass is 214 g/mol. The second kappa shape index (κ2) is 6.52. The summed E-state index contributed by atoms with van der Waals surface area (Å²) in [4.78, 5) is 2.57. The van der Waals surface area contributed by atoms with Crippen LogP contribution in [0.2, 0.25) is 0 Å². The van der Waals surface area contributed by atoms with E-state index in [0.29, 0.717) is 0 Å². The van der Waals surface area contributed by atoms with Gasteiger partial charge in [0.2, 0.25) is 0 Å². The third kappa shape index (κ3) is 3.66. The van der Waals surface area contributed by atoms with Crippen LogP contribution in [0.25, 0.3) is 0 Å². The van der Waals surface area contributed by atoms with Crippen LogP contribution in [0.1, 0.15) is 65.2 Å². The zero-order valence-corrected chi connectivity index (χ0v) is 10.3. The van der Waals surface area contributed by atoms with Gasteiger partial charge in [0.25, 0.3) is 0 Å². The van der Waals surface area contributed by atoms with Gasteiger partial charge >= 0.3 is 0 Å². The minimum Gasteiger partial charge on any atom is -0.607 e. The summed E-state index contributed by atoms with van der Waals surface area (Å²) >= 11 is -0.610. The molecular formula is C12H22OS. The number of hydrogen-bond acceptors (Lipinski definition) is 1. The highest BCUT2D eigenvalue weighted by Crippen LogP contribution is 2.43. The summed E-state index contributed by atoms with van der Waals surface area (Å²) in [5.74, 6) is 0. The second-order valence-corrected chi connectivity index (χ2v) is 5.55. The van der Waals surface area contributed by atoms with Gasteiger partial charge in [-0.1, -0.05) is 39.5 Å². The standard InChI is InChI=1S/C12H22OS/c1-3-5-7-9-11-12(14(11)13)10-8-6-4-2/h3-10H2,1-2H3. The summed E-state index contributed by atoms with van der Waals surface area (Å²) in [5.41, 5.74) is 0. The molecule has 0 radical (unpaired) electrons. The Kier molecular flexibility index (Phi) is 5.64. The Labute approximate surface area is 91.2 Å². The molecule has 0 bridgehead atoms. The summed E-state index contributed by atoms with van der Waals surface area (Å²) in [7, 11) is 0. The van der Waals surface area contributed by atoms with Crippen molar-refractivity contribution < 1.29 is 4.55 Å². The fraction of sp³-hybridized carbons (Fsp3) is 0.833. The molecule has 1 nitrogen and oxygen atoms in total. The number of allylic oxidation sites excluding steroid dienone is 2. The quantitative estimate of drug-likeness (QED) is 0.440. The Morgan fingerprint density at radius 2 is 1.29 bits per heavy atom. The first-order valence-electron chi connectivity index (χ1n) is 5.95. The van der Waals surface area contributed by atoms with Crippen molar-refractivity contribution >= 4 is 11.2 Å². The molecule has 1 heterocycles. The first-order chi connectivity index (χ1) is 6.81. The molecular weight excluding hydrogens is 192 g/mol. The van der Waals surface area contributed by atoms with Crippen molar-refractivity contribution in [3.8, 4) is 0 Å². The molecule has 14 heavy (non-hydrogen) atoms. The summed E-state index contributed by atoms with van der Waals surface area (Å²) in [5, 5.41) is 0. The van der Waals surface area contributed by atoms with Crippen molar-refractivity contribution in [2.24, 2.45) is 0 Å². The van der Waals surface area contributed by atoms with E-state index in [4.69, 9.17) is 0 Å². The van der Waals surface area contributed by atoms with E-state index in [1.807, 2.05) is 0 Å². The highest BCUT2D eigenvalue weighted by molar-refractivity contribution is 8.05. The van der Waals surface area contributed by atoms with Crippen molar-refractivity contribution in [1.82, 2.24) is 0 Å². The van der Waals surface area contributed by atoms with E-state index >= 15 is 0 Å². The molecule has 0 aliphatic carbocycles. The summed E-state index contributed by atoms with van der Waals surface area (Å²) < 4.78 is 11.4. The SMILES string of the molecule is CCCCCC1=C(CCCCC)[S+]1[O-]. The summed E-state index contributed by atoms with van der Waals surface area (Å²) in [6.45, 7) is 4.42. The molecule has 0 aromatic carbocycles. The van der Waals surface area contributed by atoms with E-state index in [0.717, 1.165) is 12.8 Å². The number of unbranched alkanes of at least 4 members (excludes halogenated alkanes) is 4. The lowest BCUT2D eigenvalue weighted by atomic mass is 10.1. The molecule has 1 rings (SSSR count). The molecule has 0 atom stereocenters. The maximum absolute atomic E-state index is 11.4. The van der Waals surface area contributed by atoms with Crippen molar-refractivity contribution in [3.05, 3.63) is 9.81 Å². The highest BCUT2D eigenvalue weighted by atomic mass is 32.2. The van der Waals surface area contributed by atoms with Gasteiger partial charge in [-0.05, 0) is 12.8 Å². The molecule has 0 aromatic rings. The Bertz CT molecular complexity index is 178. The van der Waals surface area contributed by atoms with Gasteiger partial charge in [-0.15, -0.1) is 0 Å². The smallest absolute Gasteiger partial charge is 0.186 e. The number of hydrogen-bond donors (Lipinski definition) is 0. The first-order valence-corrected chi connectivity index (χ1v) is 7.10. The van der Waals surface area contributed by atoms with Crippen LogP contribution in [0.15, 0.2) is 9.81 Å². The minimum absolute atomic E-state index is 0.610. The van der Waals surface area contributed by atoms with Crippen LogP contribution >= 0.6 is 0 Å². The maximum atomic E-state index is 11.4. The van der Waals surface area contributed by atoms with Gasteiger partial charge in [0.1, 0.15) is 0 Å². The molecule has 0 spiro atoms. The molecule has 0 N–H and O–H groups in total. The lowest BCUT2D eigenvalue weighted by Crippen LogP contribution is -1.81. The third-order valence-corrected chi connectivity index (χ3v) is 4.32. The Balaban J connectivity index is 2.11. The Morgan fingerprint density at radius 1 is 0.857 bits per heavy atom. The minimum atomic E-state index is -0.610. The van der Waals surface area contributed by atoms with E-state index in [2.05, 4.69) is 13.8 Å². The zero-order chi connectivity index (χ0) is 10.4. The molecule has 0 saturated heterocycles. The second-order valence-electron chi connectivity index (χ2n) is 4.03. The topological polar surface area (TPSA) is 23.1 Å². The van der Waals surface area contributed by atoms with Crippen molar-refractivity contribution in [1.29, 1.82) is 0 Å². The lowest BCUT2D eigenvalue weighted by molar-refractivity contribution is 0.610. The van der Waals surface area contributed by atoms with Crippen LogP contribution in [0.3, 0.4) is 0 Å². The fourth-order valence-electron chi connectivity index (χ4n) is 1.73. The van der Waals surface area contributed by atoms with Gasteiger partial charge in [0.05, 0.1) is 0 Å². The fourth-order valence-corrected chi connectivity index (χ4v) is 3.10. The van der Waals surface area contributed by atoms with Gasteiger partial charge in [0, 0.05) is 24.0 Å². The van der Waals surface area contributed by atoms with Crippen molar-refractivity contribution in [3.63, 3.8) is 0 Å². The third-order valence-electron chi connectivity index (χ3n) is 2.73. The molecule has 0 aromatic heterocycles.